The summed E-state index contributed by atoms with van der Waals surface area (Å²) in [5, 5.41) is 0. The molecule has 2 nitrogen and oxygen atoms in total. The number of likely N-dealkylation sites (tertiary alicyclic amines) is 1. The highest BCUT2D eigenvalue weighted by molar-refractivity contribution is 9.10. The van der Waals surface area contributed by atoms with E-state index in [1.165, 1.54) is 31.5 Å². The molecule has 2 rings (SSSR count). The molecule has 0 bridgehead atoms. The number of rotatable bonds is 6. The fourth-order valence-electron chi connectivity index (χ4n) is 3.10. The van der Waals surface area contributed by atoms with Gasteiger partial charge >= 0.3 is 0 Å². The van der Waals surface area contributed by atoms with E-state index in [1.807, 2.05) is 0 Å². The van der Waals surface area contributed by atoms with Gasteiger partial charge in [-0.15, -0.1) is 0 Å². The maximum atomic E-state index is 3.47. The van der Waals surface area contributed by atoms with Crippen molar-refractivity contribution in [3.8, 4) is 0 Å². The van der Waals surface area contributed by atoms with Crippen LogP contribution in [0.5, 0.6) is 0 Å². The second-order valence-corrected chi connectivity index (χ2v) is 7.50. The minimum Gasteiger partial charge on any atom is -0.303 e. The van der Waals surface area contributed by atoms with Crippen LogP contribution in [0.2, 0.25) is 0 Å². The molecule has 0 N–H and O–H groups in total. The Morgan fingerprint density at radius 3 is 2.45 bits per heavy atom. The third-order valence-electron chi connectivity index (χ3n) is 4.68. The second-order valence-electron chi connectivity index (χ2n) is 6.58. The molecule has 0 aliphatic carbocycles. The lowest BCUT2D eigenvalue weighted by atomic mass is 10.0. The molecule has 1 saturated heterocycles. The van der Waals surface area contributed by atoms with E-state index in [-0.39, 0.29) is 0 Å². The summed E-state index contributed by atoms with van der Waals surface area (Å²) in [6.07, 6.45) is 8.26. The number of hydrogen-bond acceptors (Lipinski definition) is 2. The first kappa shape index (κ1) is 17.7. The van der Waals surface area contributed by atoms with Gasteiger partial charge in [-0.05, 0) is 70.9 Å². The maximum absolute atomic E-state index is 3.47. The van der Waals surface area contributed by atoms with Crippen LogP contribution in [0, 0.1) is 0 Å². The van der Waals surface area contributed by atoms with E-state index >= 15 is 0 Å². The Labute approximate surface area is 144 Å². The molecule has 1 aromatic rings. The average molecular weight is 365 g/mol. The van der Waals surface area contributed by atoms with Crippen LogP contribution in [0.3, 0.4) is 0 Å². The molecular formula is C19H29BrN2. The summed E-state index contributed by atoms with van der Waals surface area (Å²) in [5.74, 6) is 0. The zero-order valence-corrected chi connectivity index (χ0v) is 15.7. The van der Waals surface area contributed by atoms with Crippen LogP contribution < -0.4 is 0 Å². The highest BCUT2D eigenvalue weighted by atomic mass is 79.9. The lowest BCUT2D eigenvalue weighted by Gasteiger charge is -2.38. The van der Waals surface area contributed by atoms with Gasteiger partial charge in [0.05, 0.1) is 0 Å². The molecule has 1 aliphatic heterocycles. The van der Waals surface area contributed by atoms with Crippen molar-refractivity contribution in [1.82, 2.24) is 9.80 Å². The summed E-state index contributed by atoms with van der Waals surface area (Å²) >= 11 is 3.47. The molecule has 1 heterocycles. The van der Waals surface area contributed by atoms with Gasteiger partial charge in [0.1, 0.15) is 0 Å². The van der Waals surface area contributed by atoms with Gasteiger partial charge in [-0.2, -0.15) is 0 Å². The van der Waals surface area contributed by atoms with Gasteiger partial charge in [-0.1, -0.05) is 40.2 Å². The standard InChI is InChI=1S/C19H29BrN2/c1-16(2)22-14-11-19(12-15-22)21(3)13-5-4-6-17-7-9-18(20)10-8-17/h4,6-10,16,19H,5,11-15H2,1-3H3/b6-4+. The smallest absolute Gasteiger partial charge is 0.0175 e. The summed E-state index contributed by atoms with van der Waals surface area (Å²) in [7, 11) is 2.28. The summed E-state index contributed by atoms with van der Waals surface area (Å²) in [4.78, 5) is 5.14. The van der Waals surface area contributed by atoms with Gasteiger partial charge in [0.25, 0.3) is 0 Å². The summed E-state index contributed by atoms with van der Waals surface area (Å²) in [6, 6.07) is 9.93. The number of benzene rings is 1. The Kier molecular flexibility index (Phi) is 7.13. The first-order valence-corrected chi connectivity index (χ1v) is 9.22. The fraction of sp³-hybridized carbons (Fsp3) is 0.579. The Morgan fingerprint density at radius 2 is 1.86 bits per heavy atom. The maximum Gasteiger partial charge on any atom is 0.0175 e. The number of hydrogen-bond donors (Lipinski definition) is 0. The van der Waals surface area contributed by atoms with Gasteiger partial charge in [0, 0.05) is 23.1 Å². The van der Waals surface area contributed by atoms with E-state index in [0.717, 1.165) is 23.5 Å². The van der Waals surface area contributed by atoms with E-state index in [9.17, 15) is 0 Å². The molecular weight excluding hydrogens is 336 g/mol. The van der Waals surface area contributed by atoms with Gasteiger partial charge in [0.2, 0.25) is 0 Å². The monoisotopic (exact) mass is 364 g/mol. The predicted octanol–water partition coefficient (Wildman–Crippen LogP) is 4.66. The zero-order valence-electron chi connectivity index (χ0n) is 14.1. The van der Waals surface area contributed by atoms with Crippen molar-refractivity contribution in [3.05, 3.63) is 40.4 Å². The van der Waals surface area contributed by atoms with Crippen molar-refractivity contribution in [2.45, 2.75) is 45.2 Å². The molecule has 0 spiro atoms. The molecule has 0 radical (unpaired) electrons. The quantitative estimate of drug-likeness (QED) is 0.724. The third-order valence-corrected chi connectivity index (χ3v) is 5.21. The molecule has 0 unspecified atom stereocenters. The molecule has 122 valence electrons. The lowest BCUT2D eigenvalue weighted by molar-refractivity contribution is 0.109. The Hall–Kier alpha value is -0.640. The minimum absolute atomic E-state index is 0.695. The zero-order chi connectivity index (χ0) is 15.9. The first-order chi connectivity index (χ1) is 10.6. The molecule has 1 aromatic carbocycles. The van der Waals surface area contributed by atoms with Crippen molar-refractivity contribution in [2.75, 3.05) is 26.7 Å². The Balaban J connectivity index is 1.69. The largest absolute Gasteiger partial charge is 0.303 e. The minimum atomic E-state index is 0.695. The van der Waals surface area contributed by atoms with Gasteiger partial charge < -0.3 is 9.80 Å². The van der Waals surface area contributed by atoms with Crippen LogP contribution in [0.1, 0.15) is 38.7 Å². The van der Waals surface area contributed by atoms with Crippen molar-refractivity contribution < 1.29 is 0 Å². The first-order valence-electron chi connectivity index (χ1n) is 8.42. The molecule has 3 heteroatoms. The SMILES string of the molecule is CC(C)N1CCC(N(C)CC/C=C/c2ccc(Br)cc2)CC1. The second kappa shape index (κ2) is 8.85. The molecule has 22 heavy (non-hydrogen) atoms. The van der Waals surface area contributed by atoms with E-state index < -0.39 is 0 Å². The summed E-state index contributed by atoms with van der Waals surface area (Å²) in [6.45, 7) is 8.26. The highest BCUT2D eigenvalue weighted by Crippen LogP contribution is 2.17. The number of halogens is 1. The van der Waals surface area contributed by atoms with E-state index in [0.29, 0.717) is 6.04 Å². The van der Waals surface area contributed by atoms with Crippen molar-refractivity contribution >= 4 is 22.0 Å². The van der Waals surface area contributed by atoms with E-state index in [1.54, 1.807) is 0 Å². The van der Waals surface area contributed by atoms with Crippen molar-refractivity contribution in [2.24, 2.45) is 0 Å². The summed E-state index contributed by atoms with van der Waals surface area (Å²) < 4.78 is 1.14. The molecule has 1 aliphatic rings. The van der Waals surface area contributed by atoms with Crippen LogP contribution in [0.15, 0.2) is 34.8 Å². The molecule has 0 atom stereocenters. The Morgan fingerprint density at radius 1 is 1.23 bits per heavy atom. The lowest BCUT2D eigenvalue weighted by Crippen LogP contribution is -2.45. The van der Waals surface area contributed by atoms with Gasteiger partial charge in [-0.3, -0.25) is 0 Å². The van der Waals surface area contributed by atoms with Crippen LogP contribution in [-0.2, 0) is 0 Å². The summed E-state index contributed by atoms with van der Waals surface area (Å²) in [5.41, 5.74) is 1.27. The predicted molar refractivity (Wildman–Crippen MR) is 100 cm³/mol. The van der Waals surface area contributed by atoms with E-state index in [2.05, 4.69) is 83.0 Å². The number of piperidine rings is 1. The molecule has 0 aromatic heterocycles. The Bertz CT molecular complexity index is 459. The number of nitrogens with zero attached hydrogens (tertiary/aromatic N) is 2. The van der Waals surface area contributed by atoms with Crippen LogP contribution in [-0.4, -0.2) is 48.6 Å². The normalized spacial score (nSPS) is 17.9. The fourth-order valence-corrected chi connectivity index (χ4v) is 3.36. The highest BCUT2D eigenvalue weighted by Gasteiger charge is 2.22. The van der Waals surface area contributed by atoms with Crippen LogP contribution in [0.4, 0.5) is 0 Å². The topological polar surface area (TPSA) is 6.48 Å². The van der Waals surface area contributed by atoms with E-state index in [4.69, 9.17) is 0 Å². The average Bonchev–Trinajstić information content (AvgIpc) is 2.53. The van der Waals surface area contributed by atoms with Crippen LogP contribution >= 0.6 is 15.9 Å². The molecule has 0 saturated carbocycles. The van der Waals surface area contributed by atoms with Gasteiger partial charge in [0.15, 0.2) is 0 Å². The molecule has 0 amide bonds. The van der Waals surface area contributed by atoms with Crippen LogP contribution in [0.25, 0.3) is 6.08 Å². The molecule has 1 fully saturated rings. The van der Waals surface area contributed by atoms with Crippen molar-refractivity contribution in [1.29, 1.82) is 0 Å². The van der Waals surface area contributed by atoms with Gasteiger partial charge in [-0.25, -0.2) is 0 Å². The third kappa shape index (κ3) is 5.53. The van der Waals surface area contributed by atoms with Crippen molar-refractivity contribution in [3.63, 3.8) is 0 Å².